The summed E-state index contributed by atoms with van der Waals surface area (Å²) >= 11 is 0. The van der Waals surface area contributed by atoms with Crippen molar-refractivity contribution in [3.63, 3.8) is 0 Å². The molecule has 24 heavy (non-hydrogen) atoms. The number of nitrogens with one attached hydrogen (secondary N) is 1. The summed E-state index contributed by atoms with van der Waals surface area (Å²) in [4.78, 5) is 22.5. The lowest BCUT2D eigenvalue weighted by molar-refractivity contribution is -0.128. The van der Waals surface area contributed by atoms with Gasteiger partial charge in [0.05, 0.1) is 0 Å². The van der Waals surface area contributed by atoms with Gasteiger partial charge in [-0.1, -0.05) is 24.3 Å². The van der Waals surface area contributed by atoms with E-state index in [9.17, 15) is 4.79 Å². The summed E-state index contributed by atoms with van der Waals surface area (Å²) in [5.41, 5.74) is 2.39. The van der Waals surface area contributed by atoms with E-state index in [1.807, 2.05) is 17.2 Å². The van der Waals surface area contributed by atoms with Crippen molar-refractivity contribution in [2.75, 3.05) is 11.9 Å². The van der Waals surface area contributed by atoms with Crippen LogP contribution in [0.5, 0.6) is 0 Å². The van der Waals surface area contributed by atoms with E-state index < -0.39 is 0 Å². The van der Waals surface area contributed by atoms with Gasteiger partial charge in [-0.2, -0.15) is 0 Å². The van der Waals surface area contributed by atoms with E-state index in [-0.39, 0.29) is 5.91 Å². The first-order valence-electron chi connectivity index (χ1n) is 8.70. The summed E-state index contributed by atoms with van der Waals surface area (Å²) in [5.74, 6) is 2.69. The number of carbonyl (C=O) groups excluding carboxylic acids is 1. The molecule has 1 aliphatic carbocycles. The minimum Gasteiger partial charge on any atom is -0.366 e. The standard InChI is InChI=1S/C19H22N4O/c24-18-2-1-11-23(18)13-15-5-3-14(4-6-15)12-21-17-9-10-20-19(22-17)16-7-8-16/h3-6,9-10,16H,1-2,7-8,11-13H2,(H,20,21,22). The number of rotatable bonds is 6. The van der Waals surface area contributed by atoms with Gasteiger partial charge < -0.3 is 10.2 Å². The largest absolute Gasteiger partial charge is 0.366 e. The van der Waals surface area contributed by atoms with Gasteiger partial charge in [0.1, 0.15) is 11.6 Å². The number of aromatic nitrogens is 2. The Morgan fingerprint density at radius 2 is 1.92 bits per heavy atom. The number of amides is 1. The Morgan fingerprint density at radius 3 is 2.62 bits per heavy atom. The molecular weight excluding hydrogens is 300 g/mol. The molecule has 2 aliphatic rings. The maximum Gasteiger partial charge on any atom is 0.222 e. The summed E-state index contributed by atoms with van der Waals surface area (Å²) in [5, 5.41) is 3.37. The van der Waals surface area contributed by atoms with Crippen molar-refractivity contribution >= 4 is 11.7 Å². The molecule has 4 rings (SSSR count). The lowest BCUT2D eigenvalue weighted by atomic mass is 10.1. The second-order valence-corrected chi connectivity index (χ2v) is 6.66. The minimum absolute atomic E-state index is 0.274. The van der Waals surface area contributed by atoms with Crippen molar-refractivity contribution in [1.82, 2.24) is 14.9 Å². The van der Waals surface area contributed by atoms with E-state index in [0.717, 1.165) is 37.7 Å². The summed E-state index contributed by atoms with van der Waals surface area (Å²) in [6, 6.07) is 10.4. The first-order chi connectivity index (χ1) is 11.8. The molecule has 0 radical (unpaired) electrons. The number of hydrogen-bond acceptors (Lipinski definition) is 4. The second kappa shape index (κ2) is 6.59. The fraction of sp³-hybridized carbons (Fsp3) is 0.421. The molecule has 2 fully saturated rings. The molecular formula is C19H22N4O. The van der Waals surface area contributed by atoms with Crippen LogP contribution in [0.15, 0.2) is 36.5 Å². The van der Waals surface area contributed by atoms with Crippen molar-refractivity contribution in [2.24, 2.45) is 0 Å². The van der Waals surface area contributed by atoms with Crippen LogP contribution in [0.4, 0.5) is 5.82 Å². The highest BCUT2D eigenvalue weighted by atomic mass is 16.2. The van der Waals surface area contributed by atoms with Crippen molar-refractivity contribution < 1.29 is 4.79 Å². The van der Waals surface area contributed by atoms with Crippen LogP contribution in [0.3, 0.4) is 0 Å². The van der Waals surface area contributed by atoms with E-state index >= 15 is 0 Å². The average molecular weight is 322 g/mol. The summed E-state index contributed by atoms with van der Waals surface area (Å²) in [6.45, 7) is 2.35. The van der Waals surface area contributed by atoms with Crippen LogP contribution in [0, 0.1) is 0 Å². The average Bonchev–Trinajstić information content (AvgIpc) is 3.39. The molecule has 2 heterocycles. The molecule has 2 aromatic rings. The zero-order chi connectivity index (χ0) is 16.4. The quantitative estimate of drug-likeness (QED) is 0.888. The third-order valence-corrected chi connectivity index (χ3v) is 4.66. The van der Waals surface area contributed by atoms with Crippen molar-refractivity contribution in [3.8, 4) is 0 Å². The Labute approximate surface area is 142 Å². The van der Waals surface area contributed by atoms with Crippen LogP contribution < -0.4 is 5.32 Å². The van der Waals surface area contributed by atoms with Crippen LogP contribution >= 0.6 is 0 Å². The van der Waals surface area contributed by atoms with Crippen LogP contribution in [-0.4, -0.2) is 27.3 Å². The molecule has 1 saturated heterocycles. The zero-order valence-corrected chi connectivity index (χ0v) is 13.7. The molecule has 124 valence electrons. The lowest BCUT2D eigenvalue weighted by Crippen LogP contribution is -2.23. The molecule has 5 nitrogen and oxygen atoms in total. The minimum atomic E-state index is 0.274. The third kappa shape index (κ3) is 3.55. The van der Waals surface area contributed by atoms with E-state index in [4.69, 9.17) is 0 Å². The molecule has 1 N–H and O–H groups in total. The first-order valence-corrected chi connectivity index (χ1v) is 8.70. The highest BCUT2D eigenvalue weighted by Crippen LogP contribution is 2.38. The molecule has 1 aromatic carbocycles. The topological polar surface area (TPSA) is 58.1 Å². The normalized spacial score (nSPS) is 17.3. The van der Waals surface area contributed by atoms with Crippen molar-refractivity contribution in [2.45, 2.75) is 44.7 Å². The Hall–Kier alpha value is -2.43. The fourth-order valence-electron chi connectivity index (χ4n) is 3.06. The van der Waals surface area contributed by atoms with E-state index in [1.54, 1.807) is 0 Å². The molecule has 0 spiro atoms. The van der Waals surface area contributed by atoms with Gasteiger partial charge in [-0.15, -0.1) is 0 Å². The monoisotopic (exact) mass is 322 g/mol. The Balaban J connectivity index is 1.33. The fourth-order valence-corrected chi connectivity index (χ4v) is 3.06. The van der Waals surface area contributed by atoms with Gasteiger partial charge in [0.2, 0.25) is 5.91 Å². The van der Waals surface area contributed by atoms with E-state index in [1.165, 1.54) is 24.0 Å². The van der Waals surface area contributed by atoms with Crippen LogP contribution in [0.2, 0.25) is 0 Å². The molecule has 0 atom stereocenters. The molecule has 1 aromatic heterocycles. The van der Waals surface area contributed by atoms with E-state index in [0.29, 0.717) is 12.3 Å². The molecule has 0 unspecified atom stereocenters. The number of hydrogen-bond donors (Lipinski definition) is 1. The number of anilines is 1. The van der Waals surface area contributed by atoms with Crippen LogP contribution in [0.1, 0.15) is 48.6 Å². The predicted octanol–water partition coefficient (Wildman–Crippen LogP) is 3.09. The smallest absolute Gasteiger partial charge is 0.222 e. The zero-order valence-electron chi connectivity index (χ0n) is 13.7. The van der Waals surface area contributed by atoms with Gasteiger partial charge >= 0.3 is 0 Å². The second-order valence-electron chi connectivity index (χ2n) is 6.66. The molecule has 5 heteroatoms. The molecule has 1 aliphatic heterocycles. The highest BCUT2D eigenvalue weighted by molar-refractivity contribution is 5.78. The summed E-state index contributed by atoms with van der Waals surface area (Å²) in [7, 11) is 0. The molecule has 1 saturated carbocycles. The van der Waals surface area contributed by atoms with Crippen molar-refractivity contribution in [3.05, 3.63) is 53.5 Å². The maximum absolute atomic E-state index is 11.7. The number of benzene rings is 1. The van der Waals surface area contributed by atoms with E-state index in [2.05, 4.69) is 39.6 Å². The van der Waals surface area contributed by atoms with Crippen LogP contribution in [-0.2, 0) is 17.9 Å². The number of likely N-dealkylation sites (tertiary alicyclic amines) is 1. The van der Waals surface area contributed by atoms with Gasteiger partial charge in [0.25, 0.3) is 0 Å². The van der Waals surface area contributed by atoms with Gasteiger partial charge in [-0.05, 0) is 36.5 Å². The molecule has 1 amide bonds. The predicted molar refractivity (Wildman–Crippen MR) is 92.4 cm³/mol. The van der Waals surface area contributed by atoms with Crippen LogP contribution in [0.25, 0.3) is 0 Å². The Morgan fingerprint density at radius 1 is 1.12 bits per heavy atom. The maximum atomic E-state index is 11.7. The lowest BCUT2D eigenvalue weighted by Gasteiger charge is -2.15. The number of nitrogens with zero attached hydrogens (tertiary/aromatic N) is 3. The summed E-state index contributed by atoms with van der Waals surface area (Å²) in [6.07, 6.45) is 5.94. The Bertz CT molecular complexity index is 724. The highest BCUT2D eigenvalue weighted by Gasteiger charge is 2.26. The van der Waals surface area contributed by atoms with Crippen molar-refractivity contribution in [1.29, 1.82) is 0 Å². The first kappa shape index (κ1) is 15.1. The SMILES string of the molecule is O=C1CCCN1Cc1ccc(CNc2ccnc(C3CC3)n2)cc1. The number of carbonyl (C=O) groups is 1. The van der Waals surface area contributed by atoms with Gasteiger partial charge in [0, 0.05) is 38.2 Å². The Kier molecular flexibility index (Phi) is 4.15. The third-order valence-electron chi connectivity index (χ3n) is 4.66. The van der Waals surface area contributed by atoms with Gasteiger partial charge in [-0.3, -0.25) is 4.79 Å². The van der Waals surface area contributed by atoms with Gasteiger partial charge in [-0.25, -0.2) is 9.97 Å². The molecule has 0 bridgehead atoms. The van der Waals surface area contributed by atoms with Gasteiger partial charge in [0.15, 0.2) is 0 Å². The summed E-state index contributed by atoms with van der Waals surface area (Å²) < 4.78 is 0.